The van der Waals surface area contributed by atoms with Crippen LogP contribution in [-0.2, 0) is 4.74 Å². The van der Waals surface area contributed by atoms with Gasteiger partial charge in [-0.25, -0.2) is 0 Å². The Morgan fingerprint density at radius 1 is 1.35 bits per heavy atom. The van der Waals surface area contributed by atoms with Crippen LogP contribution in [-0.4, -0.2) is 48.3 Å². The number of carbonyl (C=O) groups is 1. The molecule has 110 valence electrons. The average Bonchev–Trinajstić information content (AvgIpc) is 2.38. The number of amides is 1. The minimum absolute atomic E-state index is 0.233. The predicted molar refractivity (Wildman–Crippen MR) is 78.4 cm³/mol. The second kappa shape index (κ2) is 6.31. The summed E-state index contributed by atoms with van der Waals surface area (Å²) >= 11 is 12.1. The number of hydrogen-bond acceptors (Lipinski definition) is 3. The maximum Gasteiger partial charge on any atom is 0.256 e. The van der Waals surface area contributed by atoms with Crippen LogP contribution in [0.3, 0.4) is 0 Å². The van der Waals surface area contributed by atoms with Gasteiger partial charge >= 0.3 is 0 Å². The molecular formula is C14H17Cl2NO3. The van der Waals surface area contributed by atoms with Crippen LogP contribution < -0.4 is 0 Å². The van der Waals surface area contributed by atoms with E-state index < -0.39 is 5.60 Å². The lowest BCUT2D eigenvalue weighted by atomic mass is 9.93. The summed E-state index contributed by atoms with van der Waals surface area (Å²) in [5, 5.41) is 11.1. The molecule has 2 rings (SSSR count). The Morgan fingerprint density at radius 2 is 1.90 bits per heavy atom. The van der Waals surface area contributed by atoms with Crippen LogP contribution in [0.2, 0.25) is 10.0 Å². The molecule has 1 amide bonds. The predicted octanol–water partition coefficient (Wildman–Crippen LogP) is 2.61. The molecule has 0 aliphatic carbocycles. The molecule has 1 heterocycles. The fraction of sp³-hybridized carbons (Fsp3) is 0.500. The number of hydrogen-bond donors (Lipinski definition) is 1. The molecule has 1 saturated heterocycles. The Hall–Kier alpha value is -0.810. The molecule has 0 bridgehead atoms. The van der Waals surface area contributed by atoms with Crippen LogP contribution in [0, 0.1) is 0 Å². The molecule has 6 heteroatoms. The zero-order valence-electron chi connectivity index (χ0n) is 11.2. The molecule has 4 nitrogen and oxygen atoms in total. The van der Waals surface area contributed by atoms with E-state index in [-0.39, 0.29) is 18.0 Å². The number of ether oxygens (including phenoxy) is 1. The van der Waals surface area contributed by atoms with Gasteiger partial charge in [-0.1, -0.05) is 29.3 Å². The van der Waals surface area contributed by atoms with Gasteiger partial charge in [-0.3, -0.25) is 4.79 Å². The molecular weight excluding hydrogens is 301 g/mol. The van der Waals surface area contributed by atoms with Gasteiger partial charge in [0.15, 0.2) is 0 Å². The van der Waals surface area contributed by atoms with Crippen LogP contribution in [0.4, 0.5) is 0 Å². The van der Waals surface area contributed by atoms with Crippen LogP contribution in [0.1, 0.15) is 23.2 Å². The number of rotatable bonds is 3. The lowest BCUT2D eigenvalue weighted by Gasteiger charge is -2.35. The molecule has 1 fully saturated rings. The second-order valence-electron chi connectivity index (χ2n) is 5.09. The fourth-order valence-corrected chi connectivity index (χ4v) is 2.87. The normalized spacial score (nSPS) is 17.8. The summed E-state index contributed by atoms with van der Waals surface area (Å²) in [6.07, 6.45) is 1.03. The summed E-state index contributed by atoms with van der Waals surface area (Å²) in [6.45, 7) is 1.24. The number of likely N-dealkylation sites (N-methyl/N-ethyl adjacent to an activating group) is 1. The van der Waals surface area contributed by atoms with Gasteiger partial charge in [-0.05, 0) is 12.1 Å². The molecule has 0 spiro atoms. The van der Waals surface area contributed by atoms with Crippen molar-refractivity contribution in [2.24, 2.45) is 0 Å². The molecule has 1 aromatic carbocycles. The van der Waals surface area contributed by atoms with Crippen LogP contribution >= 0.6 is 23.2 Å². The van der Waals surface area contributed by atoms with Crippen LogP contribution in [0.15, 0.2) is 18.2 Å². The van der Waals surface area contributed by atoms with E-state index >= 15 is 0 Å². The molecule has 0 atom stereocenters. The van der Waals surface area contributed by atoms with Gasteiger partial charge in [0.05, 0.1) is 21.2 Å². The van der Waals surface area contributed by atoms with Crippen LogP contribution in [0.5, 0.6) is 0 Å². The molecule has 0 radical (unpaired) electrons. The third-order valence-corrected chi connectivity index (χ3v) is 4.11. The first kappa shape index (κ1) is 15.6. The molecule has 0 saturated carbocycles. The molecule has 1 N–H and O–H groups in total. The first-order valence-corrected chi connectivity index (χ1v) is 7.18. The molecule has 0 unspecified atom stereocenters. The van der Waals surface area contributed by atoms with Gasteiger partial charge in [0.2, 0.25) is 0 Å². The Balaban J connectivity index is 2.12. The minimum Gasteiger partial charge on any atom is -0.388 e. The molecule has 1 aromatic rings. The number of benzene rings is 1. The second-order valence-corrected chi connectivity index (χ2v) is 5.91. The smallest absolute Gasteiger partial charge is 0.256 e. The van der Waals surface area contributed by atoms with Crippen molar-refractivity contribution in [3.63, 3.8) is 0 Å². The lowest BCUT2D eigenvalue weighted by molar-refractivity contribution is -0.0734. The molecule has 1 aliphatic heterocycles. The Kier molecular flexibility index (Phi) is 4.91. The molecule has 0 aromatic heterocycles. The van der Waals surface area contributed by atoms with Gasteiger partial charge < -0.3 is 14.7 Å². The van der Waals surface area contributed by atoms with Crippen molar-refractivity contribution >= 4 is 29.1 Å². The van der Waals surface area contributed by atoms with E-state index in [4.69, 9.17) is 27.9 Å². The van der Waals surface area contributed by atoms with E-state index in [0.717, 1.165) is 0 Å². The maximum absolute atomic E-state index is 12.4. The highest BCUT2D eigenvalue weighted by Gasteiger charge is 2.33. The standard InChI is InChI=1S/C14H17Cl2NO3/c1-17(9-14(19)5-7-20-8-6-14)13(18)12-10(15)3-2-4-11(12)16/h2-4,19H,5-9H2,1H3. The highest BCUT2D eigenvalue weighted by atomic mass is 35.5. The van der Waals surface area contributed by atoms with Gasteiger partial charge in [0.25, 0.3) is 5.91 Å². The van der Waals surface area contributed by atoms with Crippen molar-refractivity contribution in [3.8, 4) is 0 Å². The van der Waals surface area contributed by atoms with Crippen molar-refractivity contribution in [1.82, 2.24) is 4.90 Å². The average molecular weight is 318 g/mol. The zero-order valence-corrected chi connectivity index (χ0v) is 12.7. The van der Waals surface area contributed by atoms with Crippen molar-refractivity contribution in [3.05, 3.63) is 33.8 Å². The van der Waals surface area contributed by atoms with Crippen molar-refractivity contribution in [2.75, 3.05) is 26.8 Å². The highest BCUT2D eigenvalue weighted by Crippen LogP contribution is 2.27. The summed E-state index contributed by atoms with van der Waals surface area (Å²) in [7, 11) is 1.63. The van der Waals surface area contributed by atoms with Crippen molar-refractivity contribution < 1.29 is 14.6 Å². The highest BCUT2D eigenvalue weighted by molar-refractivity contribution is 6.39. The minimum atomic E-state index is -0.906. The third kappa shape index (κ3) is 3.44. The summed E-state index contributed by atoms with van der Waals surface area (Å²) in [5.41, 5.74) is -0.634. The van der Waals surface area contributed by atoms with Crippen molar-refractivity contribution in [1.29, 1.82) is 0 Å². The van der Waals surface area contributed by atoms with E-state index in [9.17, 15) is 9.90 Å². The third-order valence-electron chi connectivity index (χ3n) is 3.48. The SMILES string of the molecule is CN(CC1(O)CCOCC1)C(=O)c1c(Cl)cccc1Cl. The van der Waals surface area contributed by atoms with Gasteiger partial charge in [0.1, 0.15) is 0 Å². The Labute approximate surface area is 128 Å². The van der Waals surface area contributed by atoms with E-state index in [1.54, 1.807) is 25.2 Å². The topological polar surface area (TPSA) is 49.8 Å². The maximum atomic E-state index is 12.4. The van der Waals surface area contributed by atoms with E-state index in [1.165, 1.54) is 4.90 Å². The lowest BCUT2D eigenvalue weighted by Crippen LogP contribution is -2.47. The summed E-state index contributed by atoms with van der Waals surface area (Å²) in [4.78, 5) is 13.9. The summed E-state index contributed by atoms with van der Waals surface area (Å²) in [5.74, 6) is -0.291. The van der Waals surface area contributed by atoms with E-state index in [1.807, 2.05) is 0 Å². The van der Waals surface area contributed by atoms with E-state index in [2.05, 4.69) is 0 Å². The first-order chi connectivity index (χ1) is 9.43. The summed E-state index contributed by atoms with van der Waals surface area (Å²) in [6, 6.07) is 4.93. The zero-order chi connectivity index (χ0) is 14.8. The monoisotopic (exact) mass is 317 g/mol. The Bertz CT molecular complexity index is 481. The largest absolute Gasteiger partial charge is 0.388 e. The van der Waals surface area contributed by atoms with Crippen molar-refractivity contribution in [2.45, 2.75) is 18.4 Å². The molecule has 1 aliphatic rings. The van der Waals surface area contributed by atoms with Gasteiger partial charge in [0, 0.05) is 39.6 Å². The fourth-order valence-electron chi connectivity index (χ4n) is 2.32. The number of halogens is 2. The van der Waals surface area contributed by atoms with Gasteiger partial charge in [-0.2, -0.15) is 0 Å². The Morgan fingerprint density at radius 3 is 2.45 bits per heavy atom. The molecule has 20 heavy (non-hydrogen) atoms. The number of nitrogens with zero attached hydrogens (tertiary/aromatic N) is 1. The first-order valence-electron chi connectivity index (χ1n) is 6.42. The van der Waals surface area contributed by atoms with Crippen LogP contribution in [0.25, 0.3) is 0 Å². The summed E-state index contributed by atoms with van der Waals surface area (Å²) < 4.78 is 5.22. The van der Waals surface area contributed by atoms with Gasteiger partial charge in [-0.15, -0.1) is 0 Å². The number of carbonyl (C=O) groups excluding carboxylic acids is 1. The van der Waals surface area contributed by atoms with E-state index in [0.29, 0.717) is 36.1 Å². The number of aliphatic hydroxyl groups is 1. The quantitative estimate of drug-likeness (QED) is 0.932.